The van der Waals surface area contributed by atoms with Crippen LogP contribution in [0, 0.1) is 0 Å². The number of rotatable bonds is 7. The SMILES string of the molecule is CCCCOc1ccc(NC(=O)c2cccnc2-c2nc3ccccc3s2)cc1. The number of amides is 1. The van der Waals surface area contributed by atoms with Crippen molar-refractivity contribution in [1.29, 1.82) is 0 Å². The van der Waals surface area contributed by atoms with Gasteiger partial charge in [-0.05, 0) is 55.0 Å². The van der Waals surface area contributed by atoms with Crippen LogP contribution in [0.25, 0.3) is 20.9 Å². The summed E-state index contributed by atoms with van der Waals surface area (Å²) in [5.74, 6) is 0.583. The summed E-state index contributed by atoms with van der Waals surface area (Å²) in [7, 11) is 0. The summed E-state index contributed by atoms with van der Waals surface area (Å²) >= 11 is 1.53. The Bertz CT molecular complexity index is 1090. The monoisotopic (exact) mass is 403 g/mol. The molecular weight excluding hydrogens is 382 g/mol. The van der Waals surface area contributed by atoms with E-state index in [9.17, 15) is 4.79 Å². The van der Waals surface area contributed by atoms with Crippen LogP contribution in [0.4, 0.5) is 5.69 Å². The third-order valence-corrected chi connectivity index (χ3v) is 5.47. The first-order chi connectivity index (χ1) is 14.2. The number of unbranched alkanes of at least 4 members (excludes halogenated alkanes) is 1. The molecule has 0 saturated carbocycles. The molecule has 0 spiro atoms. The number of hydrogen-bond donors (Lipinski definition) is 1. The second-order valence-corrected chi connectivity index (χ2v) is 7.60. The summed E-state index contributed by atoms with van der Waals surface area (Å²) in [6.07, 6.45) is 3.80. The first-order valence-electron chi connectivity index (χ1n) is 9.60. The smallest absolute Gasteiger partial charge is 0.257 e. The highest BCUT2D eigenvalue weighted by Crippen LogP contribution is 2.31. The lowest BCUT2D eigenvalue weighted by Crippen LogP contribution is -2.13. The van der Waals surface area contributed by atoms with E-state index in [2.05, 4.69) is 22.2 Å². The van der Waals surface area contributed by atoms with Crippen LogP contribution in [0.15, 0.2) is 66.9 Å². The van der Waals surface area contributed by atoms with Gasteiger partial charge in [-0.15, -0.1) is 11.3 Å². The van der Waals surface area contributed by atoms with Crippen LogP contribution in [0.2, 0.25) is 0 Å². The van der Waals surface area contributed by atoms with Crippen LogP contribution >= 0.6 is 11.3 Å². The average molecular weight is 404 g/mol. The Kier molecular flexibility index (Phi) is 5.81. The molecule has 146 valence electrons. The van der Waals surface area contributed by atoms with E-state index in [0.29, 0.717) is 23.6 Å². The molecule has 2 heterocycles. The van der Waals surface area contributed by atoms with Gasteiger partial charge in [0.25, 0.3) is 5.91 Å². The first-order valence-corrected chi connectivity index (χ1v) is 10.4. The van der Waals surface area contributed by atoms with Crippen molar-refractivity contribution in [2.75, 3.05) is 11.9 Å². The van der Waals surface area contributed by atoms with E-state index in [0.717, 1.165) is 33.8 Å². The van der Waals surface area contributed by atoms with Gasteiger partial charge in [-0.25, -0.2) is 4.98 Å². The highest BCUT2D eigenvalue weighted by Gasteiger charge is 2.17. The van der Waals surface area contributed by atoms with Crippen LogP contribution < -0.4 is 10.1 Å². The number of anilines is 1. The summed E-state index contributed by atoms with van der Waals surface area (Å²) in [6.45, 7) is 2.83. The second kappa shape index (κ2) is 8.84. The van der Waals surface area contributed by atoms with Gasteiger partial charge in [0.15, 0.2) is 0 Å². The number of aromatic nitrogens is 2. The molecule has 2 aromatic carbocycles. The quantitative estimate of drug-likeness (QED) is 0.397. The fourth-order valence-electron chi connectivity index (χ4n) is 2.90. The lowest BCUT2D eigenvalue weighted by Gasteiger charge is -2.09. The summed E-state index contributed by atoms with van der Waals surface area (Å²) in [6, 6.07) is 18.8. The number of carbonyl (C=O) groups excluding carboxylic acids is 1. The zero-order chi connectivity index (χ0) is 20.1. The Morgan fingerprint density at radius 2 is 1.90 bits per heavy atom. The minimum absolute atomic E-state index is 0.216. The first kappa shape index (κ1) is 19.1. The largest absolute Gasteiger partial charge is 0.494 e. The van der Waals surface area contributed by atoms with Gasteiger partial charge in [-0.3, -0.25) is 9.78 Å². The van der Waals surface area contributed by atoms with E-state index in [-0.39, 0.29) is 5.91 Å². The topological polar surface area (TPSA) is 64.1 Å². The number of benzene rings is 2. The van der Waals surface area contributed by atoms with Gasteiger partial charge in [0, 0.05) is 11.9 Å². The fourth-order valence-corrected chi connectivity index (χ4v) is 3.88. The van der Waals surface area contributed by atoms with Gasteiger partial charge in [0.1, 0.15) is 16.5 Å². The van der Waals surface area contributed by atoms with Gasteiger partial charge in [-0.1, -0.05) is 25.5 Å². The lowest BCUT2D eigenvalue weighted by molar-refractivity contribution is 0.102. The number of nitrogens with zero attached hydrogens (tertiary/aromatic N) is 2. The Balaban J connectivity index is 1.53. The molecule has 0 aliphatic heterocycles. The van der Waals surface area contributed by atoms with Crippen LogP contribution in [-0.2, 0) is 0 Å². The van der Waals surface area contributed by atoms with Gasteiger partial charge in [0.05, 0.1) is 22.4 Å². The molecule has 2 aromatic heterocycles. The van der Waals surface area contributed by atoms with Crippen molar-refractivity contribution in [3.63, 3.8) is 0 Å². The zero-order valence-corrected chi connectivity index (χ0v) is 16.9. The molecule has 0 radical (unpaired) electrons. The van der Waals surface area contributed by atoms with Crippen molar-refractivity contribution in [1.82, 2.24) is 9.97 Å². The number of carbonyl (C=O) groups is 1. The maximum absolute atomic E-state index is 12.9. The number of hydrogen-bond acceptors (Lipinski definition) is 5. The van der Waals surface area contributed by atoms with E-state index >= 15 is 0 Å². The molecule has 0 atom stereocenters. The van der Waals surface area contributed by atoms with Gasteiger partial charge in [0.2, 0.25) is 0 Å². The molecule has 0 fully saturated rings. The van der Waals surface area contributed by atoms with Gasteiger partial charge >= 0.3 is 0 Å². The van der Waals surface area contributed by atoms with E-state index in [1.54, 1.807) is 18.3 Å². The van der Waals surface area contributed by atoms with E-state index in [4.69, 9.17) is 4.74 Å². The van der Waals surface area contributed by atoms with Crippen LogP contribution in [0.1, 0.15) is 30.1 Å². The predicted molar refractivity (Wildman–Crippen MR) is 118 cm³/mol. The van der Waals surface area contributed by atoms with Crippen molar-refractivity contribution in [2.45, 2.75) is 19.8 Å². The van der Waals surface area contributed by atoms with Gasteiger partial charge in [-0.2, -0.15) is 0 Å². The minimum Gasteiger partial charge on any atom is -0.494 e. The number of ether oxygens (including phenoxy) is 1. The Morgan fingerprint density at radius 1 is 1.07 bits per heavy atom. The summed E-state index contributed by atoms with van der Waals surface area (Å²) < 4.78 is 6.73. The third kappa shape index (κ3) is 4.43. The molecule has 0 aliphatic carbocycles. The predicted octanol–water partition coefficient (Wildman–Crippen LogP) is 5.79. The second-order valence-electron chi connectivity index (χ2n) is 6.57. The molecule has 29 heavy (non-hydrogen) atoms. The molecule has 0 saturated heterocycles. The standard InChI is InChI=1S/C23H21N3O2S/c1-2-3-15-28-17-12-10-16(11-13-17)25-22(27)18-7-6-14-24-21(18)23-26-19-8-4-5-9-20(19)29-23/h4-14H,2-3,15H2,1H3,(H,25,27). The molecule has 0 bridgehead atoms. The molecule has 1 amide bonds. The van der Waals surface area contributed by atoms with Crippen LogP contribution in [0.5, 0.6) is 5.75 Å². The molecule has 4 rings (SSSR count). The number of pyridine rings is 1. The van der Waals surface area contributed by atoms with Crippen molar-refractivity contribution in [3.05, 3.63) is 72.4 Å². The number of thiazole rings is 1. The van der Waals surface area contributed by atoms with Crippen LogP contribution in [0.3, 0.4) is 0 Å². The number of nitrogens with one attached hydrogen (secondary N) is 1. The van der Waals surface area contributed by atoms with Crippen LogP contribution in [-0.4, -0.2) is 22.5 Å². The van der Waals surface area contributed by atoms with E-state index < -0.39 is 0 Å². The molecule has 5 nitrogen and oxygen atoms in total. The van der Waals surface area contributed by atoms with Gasteiger partial charge < -0.3 is 10.1 Å². The summed E-state index contributed by atoms with van der Waals surface area (Å²) in [5, 5.41) is 3.67. The molecule has 0 unspecified atom stereocenters. The molecule has 0 aliphatic rings. The van der Waals surface area contributed by atoms with E-state index in [1.807, 2.05) is 48.5 Å². The Hall–Kier alpha value is -3.25. The van der Waals surface area contributed by atoms with Crippen molar-refractivity contribution < 1.29 is 9.53 Å². The average Bonchev–Trinajstić information content (AvgIpc) is 3.19. The highest BCUT2D eigenvalue weighted by atomic mass is 32.1. The molecule has 4 aromatic rings. The van der Waals surface area contributed by atoms with Crippen molar-refractivity contribution in [3.8, 4) is 16.5 Å². The maximum Gasteiger partial charge on any atom is 0.257 e. The Labute approximate surface area is 173 Å². The highest BCUT2D eigenvalue weighted by molar-refractivity contribution is 7.21. The fraction of sp³-hybridized carbons (Fsp3) is 0.174. The zero-order valence-electron chi connectivity index (χ0n) is 16.1. The van der Waals surface area contributed by atoms with Crippen molar-refractivity contribution in [2.24, 2.45) is 0 Å². The molecule has 1 N–H and O–H groups in total. The molecular formula is C23H21N3O2S. The minimum atomic E-state index is -0.216. The summed E-state index contributed by atoms with van der Waals surface area (Å²) in [5.41, 5.74) is 2.70. The van der Waals surface area contributed by atoms with E-state index in [1.165, 1.54) is 11.3 Å². The third-order valence-electron chi connectivity index (χ3n) is 4.43. The Morgan fingerprint density at radius 3 is 2.69 bits per heavy atom. The number of fused-ring (bicyclic) bond motifs is 1. The summed E-state index contributed by atoms with van der Waals surface area (Å²) in [4.78, 5) is 22.0. The lowest BCUT2D eigenvalue weighted by atomic mass is 10.1. The maximum atomic E-state index is 12.9. The normalized spacial score (nSPS) is 10.8. The van der Waals surface area contributed by atoms with Crippen molar-refractivity contribution >= 4 is 33.1 Å². The molecule has 6 heteroatoms. The number of para-hydroxylation sites is 1.